The fourth-order valence-electron chi connectivity index (χ4n) is 4.51. The van der Waals surface area contributed by atoms with Crippen LogP contribution in [0.3, 0.4) is 0 Å². The summed E-state index contributed by atoms with van der Waals surface area (Å²) in [6, 6.07) is 13.6. The molecule has 0 unspecified atom stereocenters. The molecule has 0 atom stereocenters. The summed E-state index contributed by atoms with van der Waals surface area (Å²) in [5.41, 5.74) is 3.19. The number of unbranched alkanes of at least 4 members (excludes halogenated alkanes) is 1. The maximum absolute atomic E-state index is 12.8. The molecule has 37 heavy (non-hydrogen) atoms. The molecule has 0 spiro atoms. The van der Waals surface area contributed by atoms with Gasteiger partial charge in [-0.25, -0.2) is 0 Å². The topological polar surface area (TPSA) is 78.8 Å². The average molecular weight is 506 g/mol. The van der Waals surface area contributed by atoms with Crippen molar-refractivity contribution in [2.24, 2.45) is 0 Å². The van der Waals surface area contributed by atoms with Gasteiger partial charge in [0.15, 0.2) is 0 Å². The lowest BCUT2D eigenvalue weighted by atomic mass is 9.76. The van der Waals surface area contributed by atoms with E-state index in [-0.39, 0.29) is 27.9 Å². The van der Waals surface area contributed by atoms with E-state index < -0.39 is 5.91 Å². The number of phenolic OH excluding ortho intramolecular Hbond substituents is 2. The van der Waals surface area contributed by atoms with E-state index in [0.29, 0.717) is 29.5 Å². The summed E-state index contributed by atoms with van der Waals surface area (Å²) in [7, 11) is 0. The molecule has 3 aromatic carbocycles. The Labute approximate surface area is 221 Å². The molecular formula is C32H43NO4. The Morgan fingerprint density at radius 1 is 0.892 bits per heavy atom. The zero-order valence-corrected chi connectivity index (χ0v) is 23.5. The van der Waals surface area contributed by atoms with Gasteiger partial charge in [-0.2, -0.15) is 0 Å². The van der Waals surface area contributed by atoms with Crippen LogP contribution in [-0.4, -0.2) is 29.3 Å². The smallest absolute Gasteiger partial charge is 0.255 e. The molecule has 0 aromatic heterocycles. The van der Waals surface area contributed by atoms with Crippen molar-refractivity contribution in [2.45, 2.75) is 85.0 Å². The molecule has 3 N–H and O–H groups in total. The largest absolute Gasteiger partial charge is 0.507 e. The maximum Gasteiger partial charge on any atom is 0.255 e. The average Bonchev–Trinajstić information content (AvgIpc) is 2.89. The second-order valence-corrected chi connectivity index (χ2v) is 11.2. The van der Waals surface area contributed by atoms with E-state index in [4.69, 9.17) is 4.74 Å². The number of carbonyl (C=O) groups excluding carboxylic acids is 1. The van der Waals surface area contributed by atoms with Gasteiger partial charge in [0, 0.05) is 28.4 Å². The van der Waals surface area contributed by atoms with Crippen LogP contribution in [-0.2, 0) is 10.8 Å². The van der Waals surface area contributed by atoms with Gasteiger partial charge in [-0.15, -0.1) is 0 Å². The van der Waals surface area contributed by atoms with Gasteiger partial charge >= 0.3 is 0 Å². The predicted molar refractivity (Wildman–Crippen MR) is 152 cm³/mol. The Morgan fingerprint density at radius 2 is 1.51 bits per heavy atom. The molecule has 0 fully saturated rings. The van der Waals surface area contributed by atoms with Crippen LogP contribution >= 0.6 is 0 Å². The minimum absolute atomic E-state index is 0.00835. The highest BCUT2D eigenvalue weighted by Gasteiger charge is 2.26. The summed E-state index contributed by atoms with van der Waals surface area (Å²) >= 11 is 0. The van der Waals surface area contributed by atoms with E-state index >= 15 is 0 Å². The van der Waals surface area contributed by atoms with Crippen molar-refractivity contribution in [3.8, 4) is 17.2 Å². The fraction of sp³-hybridized carbons (Fsp3) is 0.469. The van der Waals surface area contributed by atoms with E-state index in [9.17, 15) is 15.0 Å². The summed E-state index contributed by atoms with van der Waals surface area (Å²) in [5, 5.41) is 25.1. The van der Waals surface area contributed by atoms with Crippen molar-refractivity contribution < 1.29 is 19.7 Å². The Balaban J connectivity index is 1.61. The number of amides is 1. The van der Waals surface area contributed by atoms with Crippen LogP contribution in [0.4, 0.5) is 0 Å². The number of rotatable bonds is 11. The van der Waals surface area contributed by atoms with Crippen LogP contribution in [0.5, 0.6) is 17.2 Å². The number of carbonyl (C=O) groups is 1. The van der Waals surface area contributed by atoms with Gasteiger partial charge in [-0.1, -0.05) is 77.9 Å². The van der Waals surface area contributed by atoms with Crippen molar-refractivity contribution in [1.29, 1.82) is 0 Å². The first kappa shape index (κ1) is 28.4. The zero-order chi connectivity index (χ0) is 27.4. The summed E-state index contributed by atoms with van der Waals surface area (Å²) in [4.78, 5) is 12.8. The molecule has 3 rings (SSSR count). The lowest BCUT2D eigenvalue weighted by Crippen LogP contribution is -2.25. The molecule has 5 nitrogen and oxygen atoms in total. The molecule has 5 heteroatoms. The summed E-state index contributed by atoms with van der Waals surface area (Å²) in [5.74, 6) is 0.454. The molecule has 0 heterocycles. The summed E-state index contributed by atoms with van der Waals surface area (Å²) in [6.45, 7) is 16.2. The molecular weight excluding hydrogens is 462 g/mol. The van der Waals surface area contributed by atoms with Crippen LogP contribution in [0.1, 0.15) is 94.3 Å². The van der Waals surface area contributed by atoms with E-state index in [1.165, 1.54) is 11.1 Å². The number of ether oxygens (including phenoxy) is 1. The minimum atomic E-state index is -0.391. The van der Waals surface area contributed by atoms with Gasteiger partial charge in [0.1, 0.15) is 17.2 Å². The molecule has 0 radical (unpaired) electrons. The Hall–Kier alpha value is -3.21. The molecule has 200 valence electrons. The third-order valence-electron chi connectivity index (χ3n) is 8.00. The number of phenols is 2. The number of benzene rings is 3. The normalized spacial score (nSPS) is 12.1. The van der Waals surface area contributed by atoms with Crippen LogP contribution < -0.4 is 10.1 Å². The lowest BCUT2D eigenvalue weighted by molar-refractivity contribution is 0.0949. The number of fused-ring (bicyclic) bond motifs is 1. The van der Waals surface area contributed by atoms with Crippen molar-refractivity contribution >= 4 is 16.7 Å². The first-order valence-corrected chi connectivity index (χ1v) is 13.4. The lowest BCUT2D eigenvalue weighted by Gasteiger charge is -2.30. The highest BCUT2D eigenvalue weighted by molar-refractivity contribution is 6.07. The Kier molecular flexibility index (Phi) is 8.78. The van der Waals surface area contributed by atoms with E-state index in [2.05, 4.69) is 65.1 Å². The number of hydrogen-bond donors (Lipinski definition) is 3. The van der Waals surface area contributed by atoms with Crippen LogP contribution in [0.2, 0.25) is 0 Å². The van der Waals surface area contributed by atoms with Gasteiger partial charge in [-0.3, -0.25) is 4.79 Å². The molecule has 0 saturated heterocycles. The first-order valence-electron chi connectivity index (χ1n) is 13.4. The van der Waals surface area contributed by atoms with E-state index in [1.54, 1.807) is 31.2 Å². The Morgan fingerprint density at radius 3 is 2.14 bits per heavy atom. The number of aromatic hydroxyl groups is 2. The van der Waals surface area contributed by atoms with Crippen LogP contribution in [0.15, 0.2) is 42.5 Å². The standard InChI is InChI=1S/C32H43NO4/c1-8-31(4,5)22-16-17-26(25(20-22)32(6,7)9-2)37-19-13-12-18-33-30(36)27-21(3)28(34)23-14-10-11-15-24(23)29(27)35/h10-11,14-17,20,34-35H,8-9,12-13,18-19H2,1-7H3,(H,33,36). The minimum Gasteiger partial charge on any atom is -0.507 e. The quantitative estimate of drug-likeness (QED) is 0.186. The molecule has 3 aromatic rings. The van der Waals surface area contributed by atoms with E-state index in [1.807, 2.05) is 0 Å². The maximum atomic E-state index is 12.8. The zero-order valence-electron chi connectivity index (χ0n) is 23.5. The van der Waals surface area contributed by atoms with Crippen LogP contribution in [0, 0.1) is 6.92 Å². The van der Waals surface area contributed by atoms with Crippen molar-refractivity contribution in [2.75, 3.05) is 13.2 Å². The highest BCUT2D eigenvalue weighted by atomic mass is 16.5. The second kappa shape index (κ2) is 11.5. The van der Waals surface area contributed by atoms with E-state index in [0.717, 1.165) is 31.4 Å². The SMILES string of the molecule is CCC(C)(C)c1ccc(OCCCCNC(=O)c2c(C)c(O)c3ccccc3c2O)c(C(C)(C)CC)c1. The van der Waals surface area contributed by atoms with Gasteiger partial charge in [-0.05, 0) is 55.1 Å². The Bertz CT molecular complexity index is 1260. The highest BCUT2D eigenvalue weighted by Crippen LogP contribution is 2.40. The third kappa shape index (κ3) is 6.03. The van der Waals surface area contributed by atoms with Crippen molar-refractivity contribution in [1.82, 2.24) is 5.32 Å². The molecule has 0 aliphatic rings. The van der Waals surface area contributed by atoms with Crippen molar-refractivity contribution in [3.63, 3.8) is 0 Å². The fourth-order valence-corrected chi connectivity index (χ4v) is 4.51. The van der Waals surface area contributed by atoms with Gasteiger partial charge in [0.25, 0.3) is 5.91 Å². The van der Waals surface area contributed by atoms with Gasteiger partial charge in [0.2, 0.25) is 0 Å². The second-order valence-electron chi connectivity index (χ2n) is 11.2. The summed E-state index contributed by atoms with van der Waals surface area (Å²) < 4.78 is 6.23. The first-order chi connectivity index (χ1) is 17.4. The molecule has 0 aliphatic carbocycles. The number of nitrogens with one attached hydrogen (secondary N) is 1. The van der Waals surface area contributed by atoms with Gasteiger partial charge < -0.3 is 20.3 Å². The summed E-state index contributed by atoms with van der Waals surface area (Å²) in [6.07, 6.45) is 3.60. The third-order valence-corrected chi connectivity index (χ3v) is 8.00. The molecule has 0 aliphatic heterocycles. The molecule has 1 amide bonds. The van der Waals surface area contributed by atoms with Crippen LogP contribution in [0.25, 0.3) is 10.8 Å². The van der Waals surface area contributed by atoms with Gasteiger partial charge in [0.05, 0.1) is 12.2 Å². The van der Waals surface area contributed by atoms with Crippen molar-refractivity contribution in [3.05, 3.63) is 64.7 Å². The molecule has 0 bridgehead atoms. The number of hydrogen-bond acceptors (Lipinski definition) is 4. The predicted octanol–water partition coefficient (Wildman–Crippen LogP) is 7.52. The monoisotopic (exact) mass is 505 g/mol. The molecule has 0 saturated carbocycles.